The van der Waals surface area contributed by atoms with E-state index < -0.39 is 41.2 Å². The molecule has 4 N–H and O–H groups in total. The molecule has 0 radical (unpaired) electrons. The van der Waals surface area contributed by atoms with Gasteiger partial charge in [-0.05, 0) is 97.1 Å². The number of nitro groups is 1. The van der Waals surface area contributed by atoms with Crippen LogP contribution in [-0.2, 0) is 19.8 Å². The van der Waals surface area contributed by atoms with E-state index in [0.717, 1.165) is 87.8 Å². The molecule has 2 aromatic carbocycles. The lowest BCUT2D eigenvalue weighted by molar-refractivity contribution is -0.384. The average molecular weight is 938 g/mol. The van der Waals surface area contributed by atoms with Crippen molar-refractivity contribution in [2.24, 2.45) is 17.3 Å². The molecule has 1 amide bonds. The molecule has 5 heterocycles. The highest BCUT2D eigenvalue weighted by Crippen LogP contribution is 2.53. The van der Waals surface area contributed by atoms with Crippen LogP contribution in [0.2, 0.25) is 0 Å². The second kappa shape index (κ2) is 18.2. The smallest absolute Gasteiger partial charge is 0.312 e. The number of rotatable bonds is 13. The number of carbonyl (C=O) groups is 1. The van der Waals surface area contributed by atoms with Gasteiger partial charge in [-0.3, -0.25) is 24.6 Å². The number of benzene rings is 2. The Kier molecular flexibility index (Phi) is 12.6. The number of hydrogen-bond acceptors (Lipinski definition) is 13. The Balaban J connectivity index is 0.907. The van der Waals surface area contributed by atoms with Gasteiger partial charge in [0.15, 0.2) is 0 Å². The van der Waals surface area contributed by atoms with E-state index in [1.165, 1.54) is 23.4 Å². The van der Waals surface area contributed by atoms with Crippen LogP contribution < -0.4 is 19.7 Å². The van der Waals surface area contributed by atoms with Crippen molar-refractivity contribution in [3.63, 3.8) is 0 Å². The maximum Gasteiger partial charge on any atom is 0.312 e. The summed E-state index contributed by atoms with van der Waals surface area (Å²) in [4.78, 5) is 41.3. The van der Waals surface area contributed by atoms with E-state index in [9.17, 15) is 27.5 Å². The van der Waals surface area contributed by atoms with E-state index in [2.05, 4.69) is 79.8 Å². The van der Waals surface area contributed by atoms with Gasteiger partial charge in [0.25, 0.3) is 15.9 Å². The standard InChI is InChI=1S/C48H59N9O7S2/c1-31(2)39-6-4-5-7-40(39)43-30-65(49,61)21-20-56(43)36-25-48(26-36)15-18-55(19-16-48)35-12-13-41(44(23-35)64-37-22-34-14-17-50-45(34)52-28-37)47(58)54-66(62,63)38-24-42(57(59)60)46(53-29-38)51-27-33-10-8-32(3)9-11-33/h4-7,12-14,17,22-24,28-29,31-33,36,43,49H,8-11,15-16,18-21,25-27,30H2,1-3H3,(H,50,52)(H,51,53)(H,54,58)/t32-,33+,43-,65?/m0/s1. The first kappa shape index (κ1) is 45.6. The minimum absolute atomic E-state index is 0.0232. The van der Waals surface area contributed by atoms with Gasteiger partial charge in [0.1, 0.15) is 22.0 Å². The highest BCUT2D eigenvalue weighted by Gasteiger charge is 2.50. The Morgan fingerprint density at radius 3 is 2.53 bits per heavy atom. The number of pyridine rings is 2. The molecule has 16 nitrogen and oxygen atoms in total. The number of fused-ring (bicyclic) bond motifs is 1. The van der Waals surface area contributed by atoms with E-state index in [1.54, 1.807) is 24.4 Å². The van der Waals surface area contributed by atoms with Crippen LogP contribution in [0.4, 0.5) is 17.2 Å². The van der Waals surface area contributed by atoms with Crippen molar-refractivity contribution in [2.75, 3.05) is 47.9 Å². The van der Waals surface area contributed by atoms with Crippen molar-refractivity contribution < 1.29 is 27.1 Å². The summed E-state index contributed by atoms with van der Waals surface area (Å²) in [5, 5.41) is 16.0. The Morgan fingerprint density at radius 1 is 1.03 bits per heavy atom. The third kappa shape index (κ3) is 9.63. The fourth-order valence-corrected chi connectivity index (χ4v) is 13.1. The minimum Gasteiger partial charge on any atom is -0.455 e. The topological polar surface area (TPSA) is 217 Å². The van der Waals surface area contributed by atoms with Gasteiger partial charge < -0.3 is 19.9 Å². The van der Waals surface area contributed by atoms with Crippen LogP contribution in [0.3, 0.4) is 0 Å². The number of sulfonamides is 1. The molecule has 4 fully saturated rings. The Bertz CT molecular complexity index is 2850. The van der Waals surface area contributed by atoms with Gasteiger partial charge in [0, 0.05) is 83.1 Å². The van der Waals surface area contributed by atoms with Gasteiger partial charge in [0.2, 0.25) is 5.82 Å². The van der Waals surface area contributed by atoms with Crippen LogP contribution in [-0.4, -0.2) is 87.0 Å². The molecule has 2 saturated heterocycles. The summed E-state index contributed by atoms with van der Waals surface area (Å²) in [6, 6.07) is 18.3. The molecule has 9 rings (SSSR count). The number of nitrogens with zero attached hydrogens (tertiary/aromatic N) is 5. The predicted molar refractivity (Wildman–Crippen MR) is 255 cm³/mol. The van der Waals surface area contributed by atoms with Gasteiger partial charge in [-0.25, -0.2) is 27.3 Å². The monoisotopic (exact) mass is 937 g/mol. The van der Waals surface area contributed by atoms with Gasteiger partial charge in [-0.15, -0.1) is 0 Å². The molecule has 1 unspecified atom stereocenters. The second-order valence-electron chi connectivity index (χ2n) is 19.4. The number of H-pyrrole nitrogens is 1. The third-order valence-electron chi connectivity index (χ3n) is 14.6. The zero-order valence-electron chi connectivity index (χ0n) is 37.7. The van der Waals surface area contributed by atoms with Crippen LogP contribution in [0.5, 0.6) is 11.5 Å². The maximum absolute atomic E-state index is 14.0. The quantitative estimate of drug-likeness (QED) is 0.0643. The van der Waals surface area contributed by atoms with E-state index in [-0.39, 0.29) is 28.6 Å². The van der Waals surface area contributed by atoms with Crippen molar-refractivity contribution in [2.45, 2.75) is 95.0 Å². The van der Waals surface area contributed by atoms with Gasteiger partial charge in [-0.2, -0.15) is 0 Å². The van der Waals surface area contributed by atoms with Crippen molar-refractivity contribution in [3.05, 3.63) is 106 Å². The number of hydrogen-bond donors (Lipinski definition) is 4. The minimum atomic E-state index is -4.62. The lowest BCUT2D eigenvalue weighted by atomic mass is 9.59. The number of aromatic nitrogens is 3. The van der Waals surface area contributed by atoms with Crippen LogP contribution in [0, 0.1) is 32.1 Å². The largest absolute Gasteiger partial charge is 0.455 e. The predicted octanol–water partition coefficient (Wildman–Crippen LogP) is 8.99. The lowest BCUT2D eigenvalue weighted by Crippen LogP contribution is -2.58. The average Bonchev–Trinajstić information content (AvgIpc) is 3.76. The number of ether oxygens (including phenoxy) is 1. The fraction of sp³-hybridized carbons (Fsp3) is 0.479. The maximum atomic E-state index is 14.0. The summed E-state index contributed by atoms with van der Waals surface area (Å²) in [7, 11) is -7.28. The van der Waals surface area contributed by atoms with Crippen molar-refractivity contribution in [1.29, 1.82) is 4.78 Å². The molecule has 66 heavy (non-hydrogen) atoms. The molecule has 350 valence electrons. The number of nitrogens with one attached hydrogen (secondary N) is 4. The molecule has 2 saturated carbocycles. The highest BCUT2D eigenvalue weighted by molar-refractivity contribution is 7.92. The molecule has 1 spiro atoms. The molecule has 5 aromatic rings. The van der Waals surface area contributed by atoms with Gasteiger partial charge in [-0.1, -0.05) is 57.9 Å². The first-order valence-electron chi connectivity index (χ1n) is 23.1. The SMILES string of the molecule is CC(C)c1ccccc1[C@@H]1CS(=N)(=O)CCN1C1CC2(CCN(c3ccc(C(=O)NS(=O)(=O)c4cnc(NC[C@H]5CC[C@@H](C)CC5)c([N+](=O)[O-])c4)c(Oc4cnc5[nH]ccc5c4)c3)CC2)C1. The zero-order chi connectivity index (χ0) is 46.4. The van der Waals surface area contributed by atoms with Crippen molar-refractivity contribution in [1.82, 2.24) is 24.6 Å². The van der Waals surface area contributed by atoms with Crippen molar-refractivity contribution >= 4 is 53.9 Å². The summed E-state index contributed by atoms with van der Waals surface area (Å²) >= 11 is 0. The molecule has 0 bridgehead atoms. The van der Waals surface area contributed by atoms with Gasteiger partial charge >= 0.3 is 5.69 Å². The fourth-order valence-electron chi connectivity index (χ4n) is 10.7. The Labute approximate surface area is 386 Å². The lowest BCUT2D eigenvalue weighted by Gasteiger charge is -2.57. The van der Waals surface area contributed by atoms with Gasteiger partial charge in [0.05, 0.1) is 28.6 Å². The van der Waals surface area contributed by atoms with Crippen molar-refractivity contribution in [3.8, 4) is 11.5 Å². The summed E-state index contributed by atoms with van der Waals surface area (Å²) in [5.74, 6) is 1.52. The summed E-state index contributed by atoms with van der Waals surface area (Å²) < 4.78 is 57.7. The van der Waals surface area contributed by atoms with E-state index in [4.69, 9.17) is 9.52 Å². The molecule has 3 aromatic heterocycles. The van der Waals surface area contributed by atoms with Crippen LogP contribution in [0.1, 0.15) is 106 Å². The molecule has 2 aliphatic heterocycles. The summed E-state index contributed by atoms with van der Waals surface area (Å²) in [5.41, 5.74) is 3.52. The molecule has 2 atom stereocenters. The molecular weight excluding hydrogens is 879 g/mol. The molecule has 18 heteroatoms. The third-order valence-corrected chi connectivity index (χ3v) is 17.6. The number of piperidine rings is 1. The normalized spacial score (nSPS) is 23.7. The zero-order valence-corrected chi connectivity index (χ0v) is 39.3. The van der Waals surface area contributed by atoms with Crippen LogP contribution in [0.25, 0.3) is 11.0 Å². The molecular formula is C48H59N9O7S2. The van der Waals surface area contributed by atoms with E-state index >= 15 is 0 Å². The molecule has 4 aliphatic rings. The molecule has 2 aliphatic carbocycles. The summed E-state index contributed by atoms with van der Waals surface area (Å²) in [6.45, 7) is 9.25. The number of anilines is 2. The number of aromatic amines is 1. The second-order valence-corrected chi connectivity index (χ2v) is 23.4. The van der Waals surface area contributed by atoms with E-state index in [1.807, 2.05) is 6.07 Å². The van der Waals surface area contributed by atoms with E-state index in [0.29, 0.717) is 59.8 Å². The Morgan fingerprint density at radius 2 is 1.79 bits per heavy atom. The first-order valence-corrected chi connectivity index (χ1v) is 26.5. The van der Waals surface area contributed by atoms with Crippen LogP contribution >= 0.6 is 0 Å². The summed E-state index contributed by atoms with van der Waals surface area (Å²) in [6.07, 6.45) is 12.5. The first-order chi connectivity index (χ1) is 31.6. The van der Waals surface area contributed by atoms with Crippen LogP contribution in [0.15, 0.2) is 84.1 Å². The highest BCUT2D eigenvalue weighted by atomic mass is 32.2. The number of amides is 1. The number of carbonyl (C=O) groups excluding carboxylic acids is 1. The Hall–Kier alpha value is -5.59.